The van der Waals surface area contributed by atoms with Gasteiger partial charge in [-0.25, -0.2) is 9.97 Å². The number of hydrogen-bond acceptors (Lipinski definition) is 4. The van der Waals surface area contributed by atoms with E-state index in [1.165, 1.54) is 0 Å². The Labute approximate surface area is 133 Å². The Kier molecular flexibility index (Phi) is 4.40. The van der Waals surface area contributed by atoms with Gasteiger partial charge in [0, 0.05) is 13.1 Å². The highest BCUT2D eigenvalue weighted by atomic mass is 35.5. The minimum absolute atomic E-state index is 0.191. The van der Waals surface area contributed by atoms with Gasteiger partial charge in [-0.3, -0.25) is 0 Å². The quantitative estimate of drug-likeness (QED) is 0.793. The van der Waals surface area contributed by atoms with Crippen molar-refractivity contribution in [1.82, 2.24) is 14.9 Å². The smallest absolute Gasteiger partial charge is 0.161 e. The summed E-state index contributed by atoms with van der Waals surface area (Å²) in [7, 11) is 2.04. The second kappa shape index (κ2) is 6.28. The maximum absolute atomic E-state index is 6.32. The molecule has 1 aliphatic rings. The molecule has 1 atom stereocenters. The average molecular weight is 324 g/mol. The van der Waals surface area contributed by atoms with Crippen molar-refractivity contribution in [3.05, 3.63) is 46.5 Å². The first-order valence-electron chi connectivity index (χ1n) is 6.73. The molecule has 1 aliphatic heterocycles. The van der Waals surface area contributed by atoms with Gasteiger partial charge in [-0.1, -0.05) is 53.5 Å². The van der Waals surface area contributed by atoms with Crippen molar-refractivity contribution in [1.29, 1.82) is 0 Å². The number of aromatic nitrogens is 2. The molecule has 0 aliphatic carbocycles. The third kappa shape index (κ3) is 3.19. The van der Waals surface area contributed by atoms with E-state index in [1.807, 2.05) is 37.4 Å². The molecule has 1 saturated heterocycles. The summed E-state index contributed by atoms with van der Waals surface area (Å²) in [6, 6.07) is 9.65. The zero-order chi connectivity index (χ0) is 14.8. The zero-order valence-corrected chi connectivity index (χ0v) is 13.1. The SMILES string of the molecule is CN1CCOC(c2nc(Cl)c(-c3ccccc3)c(Cl)n2)C1. The Balaban J connectivity index is 1.96. The predicted octanol–water partition coefficient (Wildman–Crippen LogP) is 3.45. The number of rotatable bonds is 2. The molecule has 1 aromatic carbocycles. The topological polar surface area (TPSA) is 38.2 Å². The first kappa shape index (κ1) is 14.7. The van der Waals surface area contributed by atoms with Gasteiger partial charge in [-0.05, 0) is 12.6 Å². The third-order valence-electron chi connectivity index (χ3n) is 3.46. The van der Waals surface area contributed by atoms with E-state index in [9.17, 15) is 0 Å². The minimum atomic E-state index is -0.191. The van der Waals surface area contributed by atoms with Crippen LogP contribution in [-0.2, 0) is 4.74 Å². The lowest BCUT2D eigenvalue weighted by Gasteiger charge is -2.29. The second-order valence-corrected chi connectivity index (χ2v) is 5.74. The van der Waals surface area contributed by atoms with E-state index in [4.69, 9.17) is 27.9 Å². The molecule has 6 heteroatoms. The van der Waals surface area contributed by atoms with Crippen LogP contribution in [0, 0.1) is 0 Å². The van der Waals surface area contributed by atoms with Crippen molar-refractivity contribution in [2.45, 2.75) is 6.10 Å². The first-order valence-corrected chi connectivity index (χ1v) is 7.49. The Morgan fingerprint density at radius 1 is 1.14 bits per heavy atom. The molecule has 1 aromatic heterocycles. The number of morpholine rings is 1. The van der Waals surface area contributed by atoms with E-state index < -0.39 is 0 Å². The fourth-order valence-corrected chi connectivity index (χ4v) is 2.96. The Morgan fingerprint density at radius 2 is 1.81 bits per heavy atom. The summed E-state index contributed by atoms with van der Waals surface area (Å²) in [6.07, 6.45) is -0.191. The molecule has 4 nitrogen and oxygen atoms in total. The molecule has 2 aromatic rings. The Morgan fingerprint density at radius 3 is 2.43 bits per heavy atom. The second-order valence-electron chi connectivity index (χ2n) is 5.03. The molecular formula is C15H15Cl2N3O. The van der Waals surface area contributed by atoms with Gasteiger partial charge in [0.05, 0.1) is 12.2 Å². The average Bonchev–Trinajstić information content (AvgIpc) is 2.47. The van der Waals surface area contributed by atoms with Gasteiger partial charge in [0.15, 0.2) is 5.82 Å². The van der Waals surface area contributed by atoms with Gasteiger partial charge < -0.3 is 9.64 Å². The molecule has 2 heterocycles. The van der Waals surface area contributed by atoms with Crippen LogP contribution in [0.4, 0.5) is 0 Å². The van der Waals surface area contributed by atoms with Gasteiger partial charge in [-0.15, -0.1) is 0 Å². The Bertz CT molecular complexity index is 613. The molecule has 0 bridgehead atoms. The van der Waals surface area contributed by atoms with Gasteiger partial charge in [-0.2, -0.15) is 0 Å². The van der Waals surface area contributed by atoms with Crippen molar-refractivity contribution in [3.8, 4) is 11.1 Å². The summed E-state index contributed by atoms with van der Waals surface area (Å²) >= 11 is 12.6. The maximum Gasteiger partial charge on any atom is 0.161 e. The molecule has 21 heavy (non-hydrogen) atoms. The highest BCUT2D eigenvalue weighted by molar-refractivity contribution is 6.37. The highest BCUT2D eigenvalue weighted by Crippen LogP contribution is 2.33. The van der Waals surface area contributed by atoms with Crippen LogP contribution in [0.5, 0.6) is 0 Å². The zero-order valence-electron chi connectivity index (χ0n) is 11.6. The van der Waals surface area contributed by atoms with Crippen molar-refractivity contribution < 1.29 is 4.74 Å². The van der Waals surface area contributed by atoms with Crippen molar-refractivity contribution in [3.63, 3.8) is 0 Å². The number of halogens is 2. The number of hydrogen-bond donors (Lipinski definition) is 0. The number of likely N-dealkylation sites (N-methyl/N-ethyl adjacent to an activating group) is 1. The molecule has 0 spiro atoms. The van der Waals surface area contributed by atoms with Gasteiger partial charge in [0.25, 0.3) is 0 Å². The highest BCUT2D eigenvalue weighted by Gasteiger charge is 2.24. The molecule has 0 saturated carbocycles. The summed E-state index contributed by atoms with van der Waals surface area (Å²) in [4.78, 5) is 10.9. The number of ether oxygens (including phenoxy) is 1. The Hall–Kier alpha value is -1.20. The summed E-state index contributed by atoms with van der Waals surface area (Å²) in [6.45, 7) is 2.29. The van der Waals surface area contributed by atoms with E-state index in [0.29, 0.717) is 28.3 Å². The van der Waals surface area contributed by atoms with Crippen molar-refractivity contribution >= 4 is 23.2 Å². The maximum atomic E-state index is 6.32. The van der Waals surface area contributed by atoms with Crippen molar-refractivity contribution in [2.75, 3.05) is 26.7 Å². The third-order valence-corrected chi connectivity index (χ3v) is 4.00. The number of benzene rings is 1. The molecule has 0 amide bonds. The minimum Gasteiger partial charge on any atom is -0.368 e. The normalized spacial score (nSPS) is 19.7. The van der Waals surface area contributed by atoms with Crippen LogP contribution in [0.3, 0.4) is 0 Å². The van der Waals surface area contributed by atoms with Crippen LogP contribution in [0.1, 0.15) is 11.9 Å². The first-order chi connectivity index (χ1) is 10.1. The summed E-state index contributed by atoms with van der Waals surface area (Å²) in [5.74, 6) is 0.538. The summed E-state index contributed by atoms with van der Waals surface area (Å²) in [5.41, 5.74) is 1.56. The molecule has 0 radical (unpaired) electrons. The molecule has 1 unspecified atom stereocenters. The van der Waals surface area contributed by atoms with Crippen LogP contribution in [0.2, 0.25) is 10.3 Å². The number of nitrogens with zero attached hydrogens (tertiary/aromatic N) is 3. The standard InChI is InChI=1S/C15H15Cl2N3O/c1-20-7-8-21-11(9-20)15-18-13(16)12(14(17)19-15)10-5-3-2-4-6-10/h2-6,11H,7-9H2,1H3. The molecule has 110 valence electrons. The van der Waals surface area contributed by atoms with Gasteiger partial charge in [0.1, 0.15) is 16.4 Å². The monoisotopic (exact) mass is 323 g/mol. The van der Waals surface area contributed by atoms with Crippen LogP contribution in [-0.4, -0.2) is 41.6 Å². The lowest BCUT2D eigenvalue weighted by Crippen LogP contribution is -2.36. The predicted molar refractivity (Wildman–Crippen MR) is 83.7 cm³/mol. The fourth-order valence-electron chi connectivity index (χ4n) is 2.34. The van der Waals surface area contributed by atoms with Gasteiger partial charge >= 0.3 is 0 Å². The van der Waals surface area contributed by atoms with E-state index in [2.05, 4.69) is 14.9 Å². The van der Waals surface area contributed by atoms with E-state index in [-0.39, 0.29) is 6.10 Å². The molecule has 3 rings (SSSR count). The summed E-state index contributed by atoms with van der Waals surface area (Å²) in [5, 5.41) is 0.709. The molecular weight excluding hydrogens is 309 g/mol. The largest absolute Gasteiger partial charge is 0.368 e. The van der Waals surface area contributed by atoms with Crippen LogP contribution in [0.15, 0.2) is 30.3 Å². The van der Waals surface area contributed by atoms with Crippen molar-refractivity contribution in [2.24, 2.45) is 0 Å². The van der Waals surface area contributed by atoms with E-state index in [1.54, 1.807) is 0 Å². The lowest BCUT2D eigenvalue weighted by atomic mass is 10.1. The van der Waals surface area contributed by atoms with Crippen LogP contribution >= 0.6 is 23.2 Å². The van der Waals surface area contributed by atoms with E-state index in [0.717, 1.165) is 18.7 Å². The van der Waals surface area contributed by atoms with Crippen LogP contribution in [0.25, 0.3) is 11.1 Å². The lowest BCUT2D eigenvalue weighted by molar-refractivity contribution is -0.0254. The van der Waals surface area contributed by atoms with Gasteiger partial charge in [0.2, 0.25) is 0 Å². The summed E-state index contributed by atoms with van der Waals surface area (Å²) < 4.78 is 5.71. The molecule has 1 fully saturated rings. The molecule has 0 N–H and O–H groups in total. The van der Waals surface area contributed by atoms with Crippen LogP contribution < -0.4 is 0 Å². The fraction of sp³-hybridized carbons (Fsp3) is 0.333. The van der Waals surface area contributed by atoms with E-state index >= 15 is 0 Å².